The normalized spacial score (nSPS) is 14.4. The average Bonchev–Trinajstić information content (AvgIpc) is 3.22. The van der Waals surface area contributed by atoms with Gasteiger partial charge in [-0.3, -0.25) is 4.98 Å². The zero-order valence-electron chi connectivity index (χ0n) is 16.4. The van der Waals surface area contributed by atoms with E-state index in [9.17, 15) is 4.39 Å². The maximum Gasteiger partial charge on any atom is 0.136 e. The van der Waals surface area contributed by atoms with E-state index in [1.807, 2.05) is 22.9 Å². The molecule has 0 spiro atoms. The topological polar surface area (TPSA) is 68.4 Å². The SMILES string of the molecule is Fc1ccnc(Cc2nc(Cc3ccn4ccnc4c3)cc(N3CCOCC3)n2)c1. The van der Waals surface area contributed by atoms with Crippen molar-refractivity contribution in [1.29, 1.82) is 0 Å². The summed E-state index contributed by atoms with van der Waals surface area (Å²) in [5, 5.41) is 0. The number of hydrogen-bond donors (Lipinski definition) is 0. The van der Waals surface area contributed by atoms with Crippen LogP contribution in [0.1, 0.15) is 22.8 Å². The lowest BCUT2D eigenvalue weighted by molar-refractivity contribution is 0.122. The lowest BCUT2D eigenvalue weighted by atomic mass is 10.1. The molecule has 0 atom stereocenters. The molecule has 7 nitrogen and oxygen atoms in total. The summed E-state index contributed by atoms with van der Waals surface area (Å²) in [6.45, 7) is 2.93. The molecular formula is C22H21FN6O. The lowest BCUT2D eigenvalue weighted by Gasteiger charge is -2.28. The molecule has 1 aliphatic heterocycles. The molecule has 4 aromatic heterocycles. The zero-order valence-corrected chi connectivity index (χ0v) is 16.4. The molecular weight excluding hydrogens is 383 g/mol. The number of halogens is 1. The second kappa shape index (κ2) is 8.16. The molecule has 5 rings (SSSR count). The number of imidazole rings is 1. The lowest BCUT2D eigenvalue weighted by Crippen LogP contribution is -2.37. The van der Waals surface area contributed by atoms with Crippen molar-refractivity contribution in [2.45, 2.75) is 12.8 Å². The smallest absolute Gasteiger partial charge is 0.136 e. The molecule has 0 aromatic carbocycles. The maximum atomic E-state index is 13.6. The van der Waals surface area contributed by atoms with Crippen molar-refractivity contribution >= 4 is 11.5 Å². The van der Waals surface area contributed by atoms with Gasteiger partial charge in [0.15, 0.2) is 0 Å². The van der Waals surface area contributed by atoms with Crippen LogP contribution in [0.5, 0.6) is 0 Å². The first kappa shape index (κ1) is 18.6. The summed E-state index contributed by atoms with van der Waals surface area (Å²) in [6, 6.07) is 8.93. The minimum Gasteiger partial charge on any atom is -0.378 e. The third-order valence-corrected chi connectivity index (χ3v) is 5.11. The number of fused-ring (bicyclic) bond motifs is 1. The molecule has 4 aromatic rings. The highest BCUT2D eigenvalue weighted by Crippen LogP contribution is 2.19. The van der Waals surface area contributed by atoms with Crippen LogP contribution in [0.25, 0.3) is 5.65 Å². The molecule has 1 fully saturated rings. The Kier molecular flexibility index (Phi) is 5.06. The predicted octanol–water partition coefficient (Wildman–Crippen LogP) is 2.68. The summed E-state index contributed by atoms with van der Waals surface area (Å²) >= 11 is 0. The van der Waals surface area contributed by atoms with Gasteiger partial charge in [0.25, 0.3) is 0 Å². The van der Waals surface area contributed by atoms with Crippen molar-refractivity contribution in [2.75, 3.05) is 31.2 Å². The highest BCUT2D eigenvalue weighted by Gasteiger charge is 2.16. The van der Waals surface area contributed by atoms with Gasteiger partial charge in [-0.25, -0.2) is 19.3 Å². The number of pyridine rings is 2. The Bertz CT molecular complexity index is 1170. The van der Waals surface area contributed by atoms with Gasteiger partial charge >= 0.3 is 0 Å². The first-order chi connectivity index (χ1) is 14.7. The minimum absolute atomic E-state index is 0.308. The molecule has 8 heteroatoms. The Morgan fingerprint density at radius 2 is 1.80 bits per heavy atom. The highest BCUT2D eigenvalue weighted by atomic mass is 19.1. The third-order valence-electron chi connectivity index (χ3n) is 5.11. The van der Waals surface area contributed by atoms with Gasteiger partial charge < -0.3 is 14.0 Å². The van der Waals surface area contributed by atoms with Crippen LogP contribution >= 0.6 is 0 Å². The molecule has 0 N–H and O–H groups in total. The van der Waals surface area contributed by atoms with Gasteiger partial charge in [-0.15, -0.1) is 0 Å². The summed E-state index contributed by atoms with van der Waals surface area (Å²) in [6.07, 6.45) is 8.21. The molecule has 1 saturated heterocycles. The van der Waals surface area contributed by atoms with Crippen molar-refractivity contribution in [3.8, 4) is 0 Å². The monoisotopic (exact) mass is 404 g/mol. The fourth-order valence-electron chi connectivity index (χ4n) is 3.64. The van der Waals surface area contributed by atoms with Crippen LogP contribution in [0.4, 0.5) is 10.2 Å². The van der Waals surface area contributed by atoms with Crippen LogP contribution in [-0.4, -0.2) is 50.6 Å². The van der Waals surface area contributed by atoms with E-state index in [-0.39, 0.29) is 5.82 Å². The second-order valence-corrected chi connectivity index (χ2v) is 7.28. The van der Waals surface area contributed by atoms with Gasteiger partial charge in [0.05, 0.1) is 31.0 Å². The van der Waals surface area contributed by atoms with Crippen LogP contribution in [0.2, 0.25) is 0 Å². The van der Waals surface area contributed by atoms with Gasteiger partial charge in [-0.1, -0.05) is 0 Å². The van der Waals surface area contributed by atoms with Crippen molar-refractivity contribution in [3.05, 3.63) is 83.7 Å². The van der Waals surface area contributed by atoms with Gasteiger partial charge in [0, 0.05) is 50.4 Å². The maximum absolute atomic E-state index is 13.6. The van der Waals surface area contributed by atoms with E-state index in [1.54, 1.807) is 6.20 Å². The van der Waals surface area contributed by atoms with Crippen LogP contribution in [0, 0.1) is 5.82 Å². The number of nitrogens with zero attached hydrogens (tertiary/aromatic N) is 6. The summed E-state index contributed by atoms with van der Waals surface area (Å²) in [5.74, 6) is 1.20. The summed E-state index contributed by atoms with van der Waals surface area (Å²) in [4.78, 5) is 20.3. The van der Waals surface area contributed by atoms with E-state index >= 15 is 0 Å². The minimum atomic E-state index is -0.308. The quantitative estimate of drug-likeness (QED) is 0.510. The van der Waals surface area contributed by atoms with Crippen LogP contribution < -0.4 is 4.90 Å². The van der Waals surface area contributed by atoms with Gasteiger partial charge in [-0.2, -0.15) is 0 Å². The van der Waals surface area contributed by atoms with Crippen LogP contribution in [0.15, 0.2) is 55.1 Å². The Balaban J connectivity index is 1.47. The molecule has 30 heavy (non-hydrogen) atoms. The number of rotatable bonds is 5. The number of hydrogen-bond acceptors (Lipinski definition) is 6. The molecule has 152 valence electrons. The Morgan fingerprint density at radius 3 is 2.67 bits per heavy atom. The number of morpholine rings is 1. The fraction of sp³-hybridized carbons (Fsp3) is 0.273. The molecule has 0 amide bonds. The standard InChI is InChI=1S/C22H21FN6O/c23-17-1-3-24-18(13-17)14-20-26-19(15-22(27-20)29-7-9-30-10-8-29)11-16-2-5-28-6-4-25-21(28)12-16/h1-6,12-13,15H,7-11,14H2. The fourth-order valence-corrected chi connectivity index (χ4v) is 3.64. The molecule has 1 aliphatic rings. The molecule has 0 radical (unpaired) electrons. The van der Waals surface area contributed by atoms with Crippen LogP contribution in [-0.2, 0) is 17.6 Å². The third kappa shape index (κ3) is 4.13. The molecule has 0 bridgehead atoms. The van der Waals surface area contributed by atoms with Gasteiger partial charge in [0.1, 0.15) is 23.1 Å². The average molecular weight is 404 g/mol. The van der Waals surface area contributed by atoms with Gasteiger partial charge in [0.2, 0.25) is 0 Å². The first-order valence-electron chi connectivity index (χ1n) is 9.94. The second-order valence-electron chi connectivity index (χ2n) is 7.28. The van der Waals surface area contributed by atoms with E-state index in [0.717, 1.165) is 35.8 Å². The van der Waals surface area contributed by atoms with Crippen molar-refractivity contribution in [1.82, 2.24) is 24.3 Å². The summed E-state index contributed by atoms with van der Waals surface area (Å²) < 4.78 is 21.0. The zero-order chi connectivity index (χ0) is 20.3. The molecule has 0 unspecified atom stereocenters. The number of anilines is 1. The highest BCUT2D eigenvalue weighted by molar-refractivity contribution is 5.45. The van der Waals surface area contributed by atoms with E-state index in [0.29, 0.717) is 37.6 Å². The number of ether oxygens (including phenoxy) is 1. The van der Waals surface area contributed by atoms with E-state index < -0.39 is 0 Å². The van der Waals surface area contributed by atoms with E-state index in [2.05, 4.69) is 27.0 Å². The van der Waals surface area contributed by atoms with Gasteiger partial charge in [-0.05, 0) is 29.8 Å². The first-order valence-corrected chi connectivity index (χ1v) is 9.94. The Hall–Kier alpha value is -3.39. The summed E-state index contributed by atoms with van der Waals surface area (Å²) in [7, 11) is 0. The largest absolute Gasteiger partial charge is 0.378 e. The van der Waals surface area contributed by atoms with E-state index in [4.69, 9.17) is 14.7 Å². The molecule has 0 saturated carbocycles. The Labute approximate surface area is 173 Å². The van der Waals surface area contributed by atoms with Crippen molar-refractivity contribution in [2.24, 2.45) is 0 Å². The van der Waals surface area contributed by atoms with Crippen molar-refractivity contribution in [3.63, 3.8) is 0 Å². The van der Waals surface area contributed by atoms with Crippen LogP contribution in [0.3, 0.4) is 0 Å². The molecule has 0 aliphatic carbocycles. The molecule has 5 heterocycles. The van der Waals surface area contributed by atoms with E-state index in [1.165, 1.54) is 18.3 Å². The van der Waals surface area contributed by atoms with Crippen molar-refractivity contribution < 1.29 is 9.13 Å². The summed E-state index contributed by atoms with van der Waals surface area (Å²) in [5.41, 5.74) is 3.54. The Morgan fingerprint density at radius 1 is 0.900 bits per heavy atom. The number of aromatic nitrogens is 5. The predicted molar refractivity (Wildman–Crippen MR) is 110 cm³/mol.